The van der Waals surface area contributed by atoms with E-state index in [0.717, 1.165) is 11.4 Å². The molecule has 1 aliphatic heterocycles. The number of rotatable bonds is 2. The summed E-state index contributed by atoms with van der Waals surface area (Å²) in [6, 6.07) is 15.1. The first-order valence-corrected chi connectivity index (χ1v) is 5.97. The average molecular weight is 239 g/mol. The van der Waals surface area contributed by atoms with Crippen molar-refractivity contribution in [3.63, 3.8) is 0 Å². The van der Waals surface area contributed by atoms with E-state index in [-0.39, 0.29) is 5.78 Å². The van der Waals surface area contributed by atoms with Gasteiger partial charge in [0.15, 0.2) is 5.78 Å². The normalized spacial score (nSPS) is 13.7. The van der Waals surface area contributed by atoms with Crippen molar-refractivity contribution in [2.75, 3.05) is 11.9 Å². The van der Waals surface area contributed by atoms with E-state index in [1.54, 1.807) is 0 Å². The molecular formula is C15H13NO2. The summed E-state index contributed by atoms with van der Waals surface area (Å²) in [7, 11) is 0. The summed E-state index contributed by atoms with van der Waals surface area (Å²) in [6.45, 7) is 0.695. The lowest BCUT2D eigenvalue weighted by atomic mass is 10.0. The fraction of sp³-hybridized carbons (Fsp3) is 0.133. The third kappa shape index (κ3) is 1.95. The fourth-order valence-corrected chi connectivity index (χ4v) is 2.10. The molecule has 0 unspecified atom stereocenters. The Morgan fingerprint density at radius 1 is 1.00 bits per heavy atom. The average Bonchev–Trinajstić information content (AvgIpc) is 2.40. The van der Waals surface area contributed by atoms with Gasteiger partial charge >= 0.3 is 0 Å². The molecule has 0 fully saturated rings. The number of carbonyl (C=O) groups is 1. The highest BCUT2D eigenvalue weighted by atomic mass is 16.5. The maximum atomic E-state index is 12.0. The topological polar surface area (TPSA) is 38.3 Å². The summed E-state index contributed by atoms with van der Waals surface area (Å²) in [6.07, 6.45) is 0.516. The number of ether oxygens (including phenoxy) is 1. The van der Waals surface area contributed by atoms with Crippen molar-refractivity contribution in [2.24, 2.45) is 0 Å². The minimum Gasteiger partial charge on any atom is -0.457 e. The molecule has 3 nitrogen and oxygen atoms in total. The number of nitrogens with one attached hydrogen (secondary N) is 1. The number of para-hydroxylation sites is 1. The van der Waals surface area contributed by atoms with Crippen molar-refractivity contribution in [1.82, 2.24) is 0 Å². The van der Waals surface area contributed by atoms with E-state index < -0.39 is 0 Å². The summed E-state index contributed by atoms with van der Waals surface area (Å²) in [5.41, 5.74) is 1.52. The first-order valence-electron chi connectivity index (χ1n) is 5.97. The Morgan fingerprint density at radius 2 is 1.83 bits per heavy atom. The standard InChI is InChI=1S/C15H13NO2/c17-13-9-10-16-12-7-4-8-14(15(12)13)18-11-5-2-1-3-6-11/h1-8,16H,9-10H2. The molecule has 0 atom stereocenters. The molecule has 18 heavy (non-hydrogen) atoms. The molecule has 0 radical (unpaired) electrons. The largest absolute Gasteiger partial charge is 0.457 e. The third-order valence-electron chi connectivity index (χ3n) is 2.94. The molecule has 0 amide bonds. The van der Waals surface area contributed by atoms with Gasteiger partial charge in [0.05, 0.1) is 5.56 Å². The number of fused-ring (bicyclic) bond motifs is 1. The molecule has 3 heteroatoms. The lowest BCUT2D eigenvalue weighted by Crippen LogP contribution is -2.18. The van der Waals surface area contributed by atoms with E-state index in [2.05, 4.69) is 5.32 Å². The predicted octanol–water partition coefficient (Wildman–Crippen LogP) is 3.48. The van der Waals surface area contributed by atoms with Gasteiger partial charge in [0.25, 0.3) is 0 Å². The summed E-state index contributed by atoms with van der Waals surface area (Å²) in [4.78, 5) is 12.0. The van der Waals surface area contributed by atoms with E-state index in [1.165, 1.54) is 0 Å². The van der Waals surface area contributed by atoms with Crippen LogP contribution in [0.15, 0.2) is 48.5 Å². The molecule has 0 aliphatic carbocycles. The predicted molar refractivity (Wildman–Crippen MR) is 70.4 cm³/mol. The van der Waals surface area contributed by atoms with E-state index >= 15 is 0 Å². The summed E-state index contributed by atoms with van der Waals surface area (Å²) >= 11 is 0. The zero-order valence-electron chi connectivity index (χ0n) is 9.85. The van der Waals surface area contributed by atoms with Gasteiger partial charge in [0, 0.05) is 18.7 Å². The molecule has 0 spiro atoms. The van der Waals surface area contributed by atoms with Crippen molar-refractivity contribution in [3.8, 4) is 11.5 Å². The molecule has 2 aromatic carbocycles. The maximum Gasteiger partial charge on any atom is 0.170 e. The van der Waals surface area contributed by atoms with E-state index in [1.807, 2.05) is 48.5 Å². The van der Waals surface area contributed by atoms with Crippen LogP contribution in [0.1, 0.15) is 16.8 Å². The number of benzene rings is 2. The van der Waals surface area contributed by atoms with E-state index in [4.69, 9.17) is 4.74 Å². The monoisotopic (exact) mass is 239 g/mol. The minimum absolute atomic E-state index is 0.135. The van der Waals surface area contributed by atoms with Gasteiger partial charge in [0.2, 0.25) is 0 Å². The summed E-state index contributed by atoms with van der Waals surface area (Å²) in [5, 5.41) is 3.22. The van der Waals surface area contributed by atoms with Crippen LogP contribution in [-0.2, 0) is 0 Å². The van der Waals surface area contributed by atoms with Gasteiger partial charge in [-0.2, -0.15) is 0 Å². The molecular weight excluding hydrogens is 226 g/mol. The van der Waals surface area contributed by atoms with Crippen molar-refractivity contribution < 1.29 is 9.53 Å². The summed E-state index contributed by atoms with van der Waals surface area (Å²) < 4.78 is 5.79. The Hall–Kier alpha value is -2.29. The minimum atomic E-state index is 0.135. The Balaban J connectivity index is 2.00. The Labute approximate surface area is 105 Å². The molecule has 0 saturated carbocycles. The second-order valence-corrected chi connectivity index (χ2v) is 4.19. The first kappa shape index (κ1) is 10.8. The molecule has 0 saturated heterocycles. The zero-order chi connectivity index (χ0) is 12.4. The van der Waals surface area contributed by atoms with Crippen molar-refractivity contribution in [2.45, 2.75) is 6.42 Å². The van der Waals surface area contributed by atoms with Crippen LogP contribution in [0.5, 0.6) is 11.5 Å². The molecule has 1 heterocycles. The van der Waals surface area contributed by atoms with Crippen LogP contribution in [0.25, 0.3) is 0 Å². The van der Waals surface area contributed by atoms with Gasteiger partial charge in [0.1, 0.15) is 11.5 Å². The highest BCUT2D eigenvalue weighted by Crippen LogP contribution is 2.33. The molecule has 1 N–H and O–H groups in total. The second-order valence-electron chi connectivity index (χ2n) is 4.19. The van der Waals surface area contributed by atoms with Gasteiger partial charge < -0.3 is 10.1 Å². The highest BCUT2D eigenvalue weighted by Gasteiger charge is 2.21. The summed E-state index contributed by atoms with van der Waals surface area (Å²) in [5.74, 6) is 1.50. The van der Waals surface area contributed by atoms with Crippen LogP contribution >= 0.6 is 0 Å². The second kappa shape index (κ2) is 4.53. The van der Waals surface area contributed by atoms with Crippen molar-refractivity contribution in [1.29, 1.82) is 0 Å². The maximum absolute atomic E-state index is 12.0. The molecule has 3 rings (SSSR count). The molecule has 1 aliphatic rings. The van der Waals surface area contributed by atoms with Gasteiger partial charge in [-0.1, -0.05) is 24.3 Å². The lowest BCUT2D eigenvalue weighted by molar-refractivity contribution is 0.0981. The van der Waals surface area contributed by atoms with E-state index in [9.17, 15) is 4.79 Å². The van der Waals surface area contributed by atoms with Gasteiger partial charge in [-0.25, -0.2) is 0 Å². The molecule has 2 aromatic rings. The SMILES string of the molecule is O=C1CCNc2cccc(Oc3ccccc3)c21. The Bertz CT molecular complexity index is 578. The van der Waals surface area contributed by atoms with Gasteiger partial charge in [-0.05, 0) is 24.3 Å². The number of anilines is 1. The molecule has 90 valence electrons. The van der Waals surface area contributed by atoms with Crippen LogP contribution in [0.2, 0.25) is 0 Å². The van der Waals surface area contributed by atoms with Gasteiger partial charge in [-0.15, -0.1) is 0 Å². The quantitative estimate of drug-likeness (QED) is 0.872. The number of hydrogen-bond acceptors (Lipinski definition) is 3. The molecule has 0 bridgehead atoms. The fourth-order valence-electron chi connectivity index (χ4n) is 2.10. The van der Waals surface area contributed by atoms with E-state index in [0.29, 0.717) is 24.3 Å². The van der Waals surface area contributed by atoms with Crippen LogP contribution < -0.4 is 10.1 Å². The van der Waals surface area contributed by atoms with Crippen LogP contribution in [0, 0.1) is 0 Å². The van der Waals surface area contributed by atoms with Crippen LogP contribution in [0.4, 0.5) is 5.69 Å². The number of Topliss-reactive ketones (excluding diaryl/α,β-unsaturated/α-hetero) is 1. The third-order valence-corrected chi connectivity index (χ3v) is 2.94. The zero-order valence-corrected chi connectivity index (χ0v) is 9.85. The van der Waals surface area contributed by atoms with Crippen LogP contribution in [0.3, 0.4) is 0 Å². The highest BCUT2D eigenvalue weighted by molar-refractivity contribution is 6.05. The number of carbonyl (C=O) groups excluding carboxylic acids is 1. The first-order chi connectivity index (χ1) is 8.84. The number of ketones is 1. The lowest BCUT2D eigenvalue weighted by Gasteiger charge is -2.19. The smallest absolute Gasteiger partial charge is 0.170 e. The Morgan fingerprint density at radius 3 is 2.67 bits per heavy atom. The Kier molecular flexibility index (Phi) is 2.73. The van der Waals surface area contributed by atoms with Crippen LogP contribution in [-0.4, -0.2) is 12.3 Å². The number of hydrogen-bond donors (Lipinski definition) is 1. The van der Waals surface area contributed by atoms with Crippen molar-refractivity contribution >= 4 is 11.5 Å². The molecule has 0 aromatic heterocycles. The van der Waals surface area contributed by atoms with Crippen molar-refractivity contribution in [3.05, 3.63) is 54.1 Å². The van der Waals surface area contributed by atoms with Gasteiger partial charge in [-0.3, -0.25) is 4.79 Å².